The van der Waals surface area contributed by atoms with E-state index in [1.165, 1.54) is 11.0 Å². The predicted molar refractivity (Wildman–Crippen MR) is 119 cm³/mol. The number of halogens is 2. The first-order valence-electron chi connectivity index (χ1n) is 8.86. The van der Waals surface area contributed by atoms with E-state index in [-0.39, 0.29) is 48.3 Å². The minimum Gasteiger partial charge on any atom is -0.367 e. The number of hydrogen-bond donors (Lipinski definition) is 2. The smallest absolute Gasteiger partial charge is 0.243 e. The number of hydrogen-bond acceptors (Lipinski definition) is 3. The van der Waals surface area contributed by atoms with Gasteiger partial charge in [0.05, 0.1) is 5.69 Å². The van der Waals surface area contributed by atoms with Crippen LogP contribution in [0.3, 0.4) is 0 Å². The summed E-state index contributed by atoms with van der Waals surface area (Å²) in [6.07, 6.45) is 3.65. The van der Waals surface area contributed by atoms with E-state index in [0.717, 1.165) is 19.4 Å². The summed E-state index contributed by atoms with van der Waals surface area (Å²) in [5.74, 6) is 0.296. The van der Waals surface area contributed by atoms with Gasteiger partial charge in [0.1, 0.15) is 12.4 Å². The van der Waals surface area contributed by atoms with E-state index in [9.17, 15) is 9.18 Å². The number of carbonyl (C=O) groups excluding carboxylic acids is 1. The van der Waals surface area contributed by atoms with Gasteiger partial charge in [-0.15, -0.1) is 30.6 Å². The minimum atomic E-state index is -0.205. The van der Waals surface area contributed by atoms with E-state index in [1.54, 1.807) is 32.3 Å². The zero-order valence-corrected chi connectivity index (χ0v) is 18.3. The zero-order chi connectivity index (χ0) is 18.9. The lowest BCUT2D eigenvalue weighted by molar-refractivity contribution is -0.127. The van der Waals surface area contributed by atoms with Crippen LogP contribution in [0.25, 0.3) is 0 Å². The highest BCUT2D eigenvalue weighted by Gasteiger charge is 2.22. The van der Waals surface area contributed by atoms with E-state index in [1.807, 2.05) is 11.0 Å². The molecular formula is C19H29FIN5O. The Morgan fingerprint density at radius 3 is 2.85 bits per heavy atom. The fraction of sp³-hybridized carbons (Fsp3) is 0.474. The molecule has 1 fully saturated rings. The van der Waals surface area contributed by atoms with Gasteiger partial charge in [-0.05, 0) is 25.0 Å². The van der Waals surface area contributed by atoms with Crippen molar-refractivity contribution >= 4 is 41.5 Å². The Bertz CT molecular complexity index is 653. The number of nitrogens with one attached hydrogen (secondary N) is 2. The van der Waals surface area contributed by atoms with Gasteiger partial charge in [0.15, 0.2) is 5.96 Å². The van der Waals surface area contributed by atoms with Gasteiger partial charge in [0.25, 0.3) is 0 Å². The van der Waals surface area contributed by atoms with Crippen molar-refractivity contribution in [3.05, 3.63) is 42.7 Å². The number of aliphatic imine (C=N–C) groups is 1. The lowest BCUT2D eigenvalue weighted by Gasteiger charge is -2.35. The molecule has 27 heavy (non-hydrogen) atoms. The molecule has 6 nitrogen and oxygen atoms in total. The number of guanidine groups is 1. The van der Waals surface area contributed by atoms with E-state index in [0.29, 0.717) is 24.7 Å². The number of nitrogens with zero attached hydrogens (tertiary/aromatic N) is 3. The summed E-state index contributed by atoms with van der Waals surface area (Å²) < 4.78 is 14.1. The number of para-hydroxylation sites is 1. The number of benzene rings is 1. The molecule has 2 N–H and O–H groups in total. The number of amides is 1. The molecule has 0 aromatic heterocycles. The van der Waals surface area contributed by atoms with Crippen LogP contribution >= 0.6 is 24.0 Å². The number of anilines is 1. The molecule has 0 aliphatic carbocycles. The SMILES string of the molecule is C=CCNC(=NCC(=O)N(C)C)NC1CCCN(c2ccccc2F)C1.I. The Labute approximate surface area is 177 Å². The van der Waals surface area contributed by atoms with Crippen LogP contribution in [0.4, 0.5) is 10.1 Å². The zero-order valence-electron chi connectivity index (χ0n) is 15.9. The van der Waals surface area contributed by atoms with Crippen molar-refractivity contribution in [1.29, 1.82) is 0 Å². The minimum absolute atomic E-state index is 0. The monoisotopic (exact) mass is 489 g/mol. The third-order valence-electron chi connectivity index (χ3n) is 4.24. The number of rotatable bonds is 6. The maximum absolute atomic E-state index is 14.1. The van der Waals surface area contributed by atoms with Crippen LogP contribution in [0.2, 0.25) is 0 Å². The first kappa shape index (κ1) is 23.2. The van der Waals surface area contributed by atoms with Gasteiger partial charge in [0, 0.05) is 39.8 Å². The molecule has 1 aliphatic heterocycles. The fourth-order valence-electron chi connectivity index (χ4n) is 2.82. The molecule has 8 heteroatoms. The molecule has 150 valence electrons. The summed E-state index contributed by atoms with van der Waals surface area (Å²) in [6.45, 7) is 5.82. The highest BCUT2D eigenvalue weighted by Crippen LogP contribution is 2.22. The molecule has 1 saturated heterocycles. The molecule has 0 saturated carbocycles. The Morgan fingerprint density at radius 2 is 2.19 bits per heavy atom. The second-order valence-corrected chi connectivity index (χ2v) is 6.50. The topological polar surface area (TPSA) is 60.0 Å². The van der Waals surface area contributed by atoms with Crippen molar-refractivity contribution in [3.8, 4) is 0 Å². The molecule has 1 amide bonds. The number of piperidine rings is 1. The van der Waals surface area contributed by atoms with E-state index in [2.05, 4.69) is 22.2 Å². The molecule has 1 aromatic rings. The Balaban J connectivity index is 0.00000364. The van der Waals surface area contributed by atoms with Crippen molar-refractivity contribution in [1.82, 2.24) is 15.5 Å². The van der Waals surface area contributed by atoms with Crippen LogP contribution < -0.4 is 15.5 Å². The first-order chi connectivity index (χ1) is 12.5. The second-order valence-electron chi connectivity index (χ2n) is 6.50. The predicted octanol–water partition coefficient (Wildman–Crippen LogP) is 2.22. The Hall–Kier alpha value is -1.84. The third-order valence-corrected chi connectivity index (χ3v) is 4.24. The molecule has 0 radical (unpaired) electrons. The summed E-state index contributed by atoms with van der Waals surface area (Å²) in [6, 6.07) is 6.95. The number of carbonyl (C=O) groups is 1. The van der Waals surface area contributed by atoms with Crippen molar-refractivity contribution in [3.63, 3.8) is 0 Å². The molecular weight excluding hydrogens is 460 g/mol. The summed E-state index contributed by atoms with van der Waals surface area (Å²) in [5.41, 5.74) is 0.624. The first-order valence-corrected chi connectivity index (χ1v) is 8.86. The van der Waals surface area contributed by atoms with Crippen LogP contribution in [0, 0.1) is 5.82 Å². The second kappa shape index (κ2) is 11.8. The average molecular weight is 489 g/mol. The average Bonchev–Trinajstić information content (AvgIpc) is 2.64. The molecule has 0 spiro atoms. The van der Waals surface area contributed by atoms with Crippen LogP contribution in [0.5, 0.6) is 0 Å². The molecule has 0 bridgehead atoms. The normalized spacial score (nSPS) is 16.9. The van der Waals surface area contributed by atoms with Crippen molar-refractivity contribution < 1.29 is 9.18 Å². The van der Waals surface area contributed by atoms with E-state index < -0.39 is 0 Å². The van der Waals surface area contributed by atoms with E-state index in [4.69, 9.17) is 0 Å². The molecule has 1 heterocycles. The summed E-state index contributed by atoms with van der Waals surface area (Å²) >= 11 is 0. The lowest BCUT2D eigenvalue weighted by atomic mass is 10.0. The highest BCUT2D eigenvalue weighted by atomic mass is 127. The van der Waals surface area contributed by atoms with Crippen LogP contribution in [-0.2, 0) is 4.79 Å². The van der Waals surface area contributed by atoms with Crippen LogP contribution in [0.15, 0.2) is 41.9 Å². The summed E-state index contributed by atoms with van der Waals surface area (Å²) in [7, 11) is 3.41. The third kappa shape index (κ3) is 7.36. The van der Waals surface area contributed by atoms with Gasteiger partial charge in [0.2, 0.25) is 5.91 Å². The van der Waals surface area contributed by atoms with Gasteiger partial charge < -0.3 is 20.4 Å². The molecule has 1 unspecified atom stereocenters. The number of likely N-dealkylation sites (N-methyl/N-ethyl adjacent to an activating group) is 1. The standard InChI is InChI=1S/C19H28FN5O.HI/c1-4-11-21-19(22-13-18(26)24(2)3)23-15-8-7-12-25(14-15)17-10-6-5-9-16(17)20;/h4-6,9-10,15H,1,7-8,11-14H2,2-3H3,(H2,21,22,23);1H. The van der Waals surface area contributed by atoms with E-state index >= 15 is 0 Å². The lowest BCUT2D eigenvalue weighted by Crippen LogP contribution is -2.51. The highest BCUT2D eigenvalue weighted by molar-refractivity contribution is 14.0. The van der Waals surface area contributed by atoms with Gasteiger partial charge in [-0.2, -0.15) is 0 Å². The molecule has 1 aliphatic rings. The Morgan fingerprint density at radius 1 is 1.44 bits per heavy atom. The summed E-state index contributed by atoms with van der Waals surface area (Å²) in [4.78, 5) is 19.7. The van der Waals surface area contributed by atoms with Gasteiger partial charge >= 0.3 is 0 Å². The van der Waals surface area contributed by atoms with Gasteiger partial charge in [-0.25, -0.2) is 9.38 Å². The Kier molecular flexibility index (Phi) is 10.1. The maximum Gasteiger partial charge on any atom is 0.243 e. The van der Waals surface area contributed by atoms with Crippen molar-refractivity contribution in [2.24, 2.45) is 4.99 Å². The quantitative estimate of drug-likeness (QED) is 0.279. The van der Waals surface area contributed by atoms with Gasteiger partial charge in [-0.1, -0.05) is 18.2 Å². The maximum atomic E-state index is 14.1. The van der Waals surface area contributed by atoms with Crippen molar-refractivity contribution in [2.45, 2.75) is 18.9 Å². The molecule has 1 atom stereocenters. The molecule has 1 aromatic carbocycles. The molecule has 2 rings (SSSR count). The van der Waals surface area contributed by atoms with Crippen molar-refractivity contribution in [2.75, 3.05) is 45.2 Å². The van der Waals surface area contributed by atoms with Gasteiger partial charge in [-0.3, -0.25) is 4.79 Å². The fourth-order valence-corrected chi connectivity index (χ4v) is 2.82. The summed E-state index contributed by atoms with van der Waals surface area (Å²) in [5, 5.41) is 6.49. The van der Waals surface area contributed by atoms with Crippen LogP contribution in [0.1, 0.15) is 12.8 Å². The van der Waals surface area contributed by atoms with Crippen LogP contribution in [-0.4, -0.2) is 63.1 Å². The largest absolute Gasteiger partial charge is 0.367 e.